The summed E-state index contributed by atoms with van der Waals surface area (Å²) < 4.78 is 37.5. The number of hydrogen-bond donors (Lipinski definition) is 6. The third-order valence-corrected chi connectivity index (χ3v) is 7.75. The van der Waals surface area contributed by atoms with Crippen LogP contribution in [-0.2, 0) is 11.2 Å². The Morgan fingerprint density at radius 3 is 2.61 bits per heavy atom. The second-order valence-electron chi connectivity index (χ2n) is 11.6. The fraction of sp³-hybridized carbons (Fsp3) is 0.265. The Morgan fingerprint density at radius 2 is 1.86 bits per heavy atom. The Kier molecular flexibility index (Phi) is 11.3. The minimum atomic E-state index is -1.20. The van der Waals surface area contributed by atoms with E-state index in [-0.39, 0.29) is 60.3 Å². The Morgan fingerprint density at radius 1 is 1.06 bits per heavy atom. The maximum Gasteiger partial charge on any atom is 0.322 e. The Labute approximate surface area is 291 Å². The van der Waals surface area contributed by atoms with Crippen molar-refractivity contribution in [2.75, 3.05) is 18.4 Å². The van der Waals surface area contributed by atoms with Gasteiger partial charge in [0.25, 0.3) is 5.91 Å². The van der Waals surface area contributed by atoms with E-state index in [1.165, 1.54) is 30.7 Å². The highest BCUT2D eigenvalue weighted by molar-refractivity contribution is 5.96. The number of rotatable bonds is 14. The van der Waals surface area contributed by atoms with Crippen molar-refractivity contribution in [3.63, 3.8) is 0 Å². The van der Waals surface area contributed by atoms with Crippen LogP contribution in [0.1, 0.15) is 41.9 Å². The minimum Gasteiger partial charge on any atom is -0.421 e. The summed E-state index contributed by atoms with van der Waals surface area (Å²) in [5.41, 5.74) is 19.5. The van der Waals surface area contributed by atoms with Crippen LogP contribution in [0.2, 0.25) is 0 Å². The van der Waals surface area contributed by atoms with Crippen molar-refractivity contribution in [2.45, 2.75) is 45.7 Å². The summed E-state index contributed by atoms with van der Waals surface area (Å²) in [6, 6.07) is 8.26. The van der Waals surface area contributed by atoms with Crippen LogP contribution in [0.25, 0.3) is 16.9 Å². The van der Waals surface area contributed by atoms with E-state index in [4.69, 9.17) is 21.9 Å². The van der Waals surface area contributed by atoms with Gasteiger partial charge in [-0.2, -0.15) is 4.39 Å². The summed E-state index contributed by atoms with van der Waals surface area (Å²) in [5, 5.41) is 8.83. The average Bonchev–Trinajstić information content (AvgIpc) is 3.54. The number of halogens is 2. The molecule has 5 aromatic rings. The lowest BCUT2D eigenvalue weighted by Crippen LogP contribution is -2.47. The molecule has 9 N–H and O–H groups in total. The van der Waals surface area contributed by atoms with Crippen LogP contribution in [0.4, 0.5) is 20.3 Å². The zero-order valence-electron chi connectivity index (χ0n) is 28.2. The number of aliphatic imine (C=N–C) groups is 1. The SMILES string of the molecule is CCc1cc(Nc2nccn3c(-c4ccc(Oc5nccc(C)n5)c(F)c4F)cnc23)ccc1C(=O)N[C@@H](C)CNC(=O)[C@@H](N)CCN=C(N)N. The lowest BCUT2D eigenvalue weighted by atomic mass is 10.0. The van der Waals surface area contributed by atoms with Gasteiger partial charge in [-0.25, -0.2) is 24.3 Å². The molecule has 0 fully saturated rings. The van der Waals surface area contributed by atoms with Gasteiger partial charge < -0.3 is 37.9 Å². The van der Waals surface area contributed by atoms with E-state index in [0.29, 0.717) is 34.8 Å². The van der Waals surface area contributed by atoms with Gasteiger partial charge in [-0.05, 0) is 68.7 Å². The molecule has 266 valence electrons. The second-order valence-corrected chi connectivity index (χ2v) is 11.6. The van der Waals surface area contributed by atoms with E-state index in [9.17, 15) is 9.59 Å². The number of carbonyl (C=O) groups excluding carboxylic acids is 2. The summed E-state index contributed by atoms with van der Waals surface area (Å²) in [7, 11) is 0. The molecule has 0 bridgehead atoms. The standard InChI is InChI=1S/C34H38F2N12O3/c1-4-20-15-21(5-6-22(20)31(49)45-19(3)16-44-32(50)24(37)10-12-41-33(38)39)47-29-30-43-17-25(48(30)14-13-40-29)23-7-8-26(28(36)27(23)35)51-34-42-11-9-18(2)46-34/h5-9,11,13-15,17,19,24H,4,10,12,16,37H2,1-3H3,(H,40,47)(H,44,50)(H,45,49)(H4,38,39,41)/t19-,24-/m0/s1. The number of fused-ring (bicyclic) bond motifs is 1. The number of carbonyl (C=O) groups is 2. The van der Waals surface area contributed by atoms with Gasteiger partial charge in [-0.3, -0.25) is 19.0 Å². The van der Waals surface area contributed by atoms with Crippen LogP contribution in [-0.4, -0.2) is 67.3 Å². The highest BCUT2D eigenvalue weighted by atomic mass is 19.2. The lowest BCUT2D eigenvalue weighted by Gasteiger charge is -2.18. The summed E-state index contributed by atoms with van der Waals surface area (Å²) in [6.07, 6.45) is 6.77. The topological polar surface area (TPSA) is 226 Å². The molecule has 2 aromatic carbocycles. The largest absolute Gasteiger partial charge is 0.421 e. The predicted molar refractivity (Wildman–Crippen MR) is 187 cm³/mol. The molecule has 3 aromatic heterocycles. The van der Waals surface area contributed by atoms with E-state index < -0.39 is 23.7 Å². The normalized spacial score (nSPS) is 12.2. The summed E-state index contributed by atoms with van der Waals surface area (Å²) in [4.78, 5) is 46.1. The maximum atomic E-state index is 15.4. The number of nitrogens with zero attached hydrogens (tertiary/aromatic N) is 6. The predicted octanol–water partition coefficient (Wildman–Crippen LogP) is 3.10. The third kappa shape index (κ3) is 8.69. The van der Waals surface area contributed by atoms with Crippen LogP contribution in [0.15, 0.2) is 66.2 Å². The third-order valence-electron chi connectivity index (χ3n) is 7.75. The van der Waals surface area contributed by atoms with Gasteiger partial charge in [0.05, 0.1) is 17.9 Å². The molecule has 0 aliphatic rings. The molecule has 2 atom stereocenters. The molecule has 0 aliphatic carbocycles. The Bertz CT molecular complexity index is 2080. The number of nitrogens with two attached hydrogens (primary N) is 3. The van der Waals surface area contributed by atoms with Crippen molar-refractivity contribution in [3.8, 4) is 23.0 Å². The molecular formula is C34H38F2N12O3. The minimum absolute atomic E-state index is 0.0437. The van der Waals surface area contributed by atoms with Crippen molar-refractivity contribution in [1.82, 2.24) is 35.0 Å². The first-order valence-electron chi connectivity index (χ1n) is 16.0. The van der Waals surface area contributed by atoms with E-state index in [1.54, 1.807) is 42.6 Å². The van der Waals surface area contributed by atoms with Crippen molar-refractivity contribution in [2.24, 2.45) is 22.2 Å². The molecule has 0 spiro atoms. The average molecular weight is 701 g/mol. The van der Waals surface area contributed by atoms with Crippen molar-refractivity contribution in [3.05, 3.63) is 89.6 Å². The molecule has 15 nitrogen and oxygen atoms in total. The molecule has 0 aliphatic heterocycles. The molecule has 5 rings (SSSR count). The van der Waals surface area contributed by atoms with E-state index >= 15 is 8.78 Å². The first-order valence-corrected chi connectivity index (χ1v) is 16.0. The van der Waals surface area contributed by atoms with Crippen molar-refractivity contribution in [1.29, 1.82) is 0 Å². The fourth-order valence-corrected chi connectivity index (χ4v) is 5.11. The van der Waals surface area contributed by atoms with Gasteiger partial charge in [0.1, 0.15) is 0 Å². The van der Waals surface area contributed by atoms with Gasteiger partial charge >= 0.3 is 6.01 Å². The van der Waals surface area contributed by atoms with Crippen LogP contribution in [0.5, 0.6) is 11.8 Å². The number of aromatic nitrogens is 5. The Balaban J connectivity index is 1.26. The van der Waals surface area contributed by atoms with Gasteiger partial charge in [0.15, 0.2) is 29.0 Å². The lowest BCUT2D eigenvalue weighted by molar-refractivity contribution is -0.122. The number of hydrogen-bond acceptors (Lipinski definition) is 10. The number of ether oxygens (including phenoxy) is 1. The van der Waals surface area contributed by atoms with Crippen molar-refractivity contribution < 1.29 is 23.1 Å². The molecule has 3 heterocycles. The molecule has 17 heteroatoms. The second kappa shape index (κ2) is 16.0. The Hall–Kier alpha value is -6.23. The molecule has 0 saturated carbocycles. The van der Waals surface area contributed by atoms with Gasteiger partial charge in [-0.15, -0.1) is 0 Å². The maximum absolute atomic E-state index is 15.4. The molecular weight excluding hydrogens is 662 g/mol. The quantitative estimate of drug-likeness (QED) is 0.0729. The molecule has 0 unspecified atom stereocenters. The molecule has 2 amide bonds. The molecule has 51 heavy (non-hydrogen) atoms. The number of amides is 2. The number of anilines is 2. The van der Waals surface area contributed by atoms with Gasteiger partial charge in [0.2, 0.25) is 11.7 Å². The molecule has 0 saturated heterocycles. The highest BCUT2D eigenvalue weighted by Crippen LogP contribution is 2.33. The van der Waals surface area contributed by atoms with Gasteiger partial charge in [-0.1, -0.05) is 6.92 Å². The summed E-state index contributed by atoms with van der Waals surface area (Å²) >= 11 is 0. The van der Waals surface area contributed by atoms with Crippen LogP contribution < -0.4 is 37.9 Å². The van der Waals surface area contributed by atoms with Crippen molar-refractivity contribution >= 4 is 34.9 Å². The number of imidazole rings is 1. The zero-order valence-corrected chi connectivity index (χ0v) is 28.2. The molecule has 0 radical (unpaired) electrons. The smallest absolute Gasteiger partial charge is 0.322 e. The summed E-state index contributed by atoms with van der Waals surface area (Å²) in [6.45, 7) is 5.79. The van der Waals surface area contributed by atoms with Crippen LogP contribution >= 0.6 is 0 Å². The van der Waals surface area contributed by atoms with Crippen LogP contribution in [0, 0.1) is 18.6 Å². The number of guanidine groups is 1. The first-order chi connectivity index (χ1) is 24.4. The monoisotopic (exact) mass is 700 g/mol. The highest BCUT2D eigenvalue weighted by Gasteiger charge is 2.21. The number of nitrogens with one attached hydrogen (secondary N) is 3. The van der Waals surface area contributed by atoms with E-state index in [1.807, 2.05) is 13.0 Å². The van der Waals surface area contributed by atoms with E-state index in [2.05, 4.69) is 40.9 Å². The van der Waals surface area contributed by atoms with Gasteiger partial charge in [0, 0.05) is 60.2 Å². The number of aryl methyl sites for hydroxylation is 2. The fourth-order valence-electron chi connectivity index (χ4n) is 5.11. The van der Waals surface area contributed by atoms with E-state index in [0.717, 1.165) is 5.56 Å². The zero-order chi connectivity index (χ0) is 36.7. The number of benzene rings is 2. The first kappa shape index (κ1) is 36.1. The van der Waals surface area contributed by atoms with Crippen LogP contribution in [0.3, 0.4) is 0 Å². The summed E-state index contributed by atoms with van der Waals surface area (Å²) in [5.74, 6) is -3.11.